The van der Waals surface area contributed by atoms with Gasteiger partial charge in [0.1, 0.15) is 0 Å². The third kappa shape index (κ3) is 3.63. The van der Waals surface area contributed by atoms with Gasteiger partial charge in [0.25, 0.3) is 0 Å². The van der Waals surface area contributed by atoms with E-state index in [1.165, 1.54) is 12.5 Å². The molecule has 1 aliphatic rings. The number of carboxylic acid groups (broad SMARTS) is 1. The Kier molecular flexibility index (Phi) is 4.84. The van der Waals surface area contributed by atoms with Crippen LogP contribution in [0.5, 0.6) is 0 Å². The van der Waals surface area contributed by atoms with Crippen molar-refractivity contribution in [2.24, 2.45) is 0 Å². The second-order valence-corrected chi connectivity index (χ2v) is 5.37. The van der Waals surface area contributed by atoms with Crippen molar-refractivity contribution in [3.8, 4) is 0 Å². The summed E-state index contributed by atoms with van der Waals surface area (Å²) in [5.41, 5.74) is 7.05. The lowest BCUT2D eigenvalue weighted by atomic mass is 10.0. The Balaban J connectivity index is 1.99. The number of likely N-dealkylation sites (tertiary alicyclic amines) is 1. The van der Waals surface area contributed by atoms with Gasteiger partial charge < -0.3 is 21.1 Å². The summed E-state index contributed by atoms with van der Waals surface area (Å²) in [6.07, 6.45) is 3.27. The first-order chi connectivity index (χ1) is 9.60. The highest BCUT2D eigenvalue weighted by molar-refractivity contribution is 5.95. The van der Waals surface area contributed by atoms with Gasteiger partial charge in [-0.15, -0.1) is 0 Å². The predicted molar refractivity (Wildman–Crippen MR) is 81.2 cm³/mol. The van der Waals surface area contributed by atoms with Gasteiger partial charge in [-0.05, 0) is 44.0 Å². The number of rotatable bonds is 5. The van der Waals surface area contributed by atoms with Crippen molar-refractivity contribution in [3.63, 3.8) is 0 Å². The average molecular weight is 277 g/mol. The summed E-state index contributed by atoms with van der Waals surface area (Å²) in [5.74, 6) is -0.941. The minimum atomic E-state index is -0.941. The Hall–Kier alpha value is -1.75. The van der Waals surface area contributed by atoms with Gasteiger partial charge in [0.15, 0.2) is 0 Å². The first-order valence-electron chi connectivity index (χ1n) is 7.22. The molecule has 0 unspecified atom stereocenters. The molecule has 1 aromatic rings. The minimum absolute atomic E-state index is 0.251. The molecule has 1 aliphatic heterocycles. The van der Waals surface area contributed by atoms with E-state index in [9.17, 15) is 9.90 Å². The molecular weight excluding hydrogens is 254 g/mol. The van der Waals surface area contributed by atoms with Crippen LogP contribution in [0.1, 0.15) is 36.5 Å². The molecule has 1 fully saturated rings. The van der Waals surface area contributed by atoms with Gasteiger partial charge in [0.05, 0.1) is 5.56 Å². The lowest BCUT2D eigenvalue weighted by Crippen LogP contribution is -2.39. The maximum absolute atomic E-state index is 11.2. The molecule has 1 aromatic carbocycles. The molecule has 20 heavy (non-hydrogen) atoms. The van der Waals surface area contributed by atoms with Gasteiger partial charge in [-0.2, -0.15) is 0 Å². The van der Waals surface area contributed by atoms with Crippen LogP contribution in [0.15, 0.2) is 18.2 Å². The number of aromatic carboxylic acids is 1. The third-order valence-corrected chi connectivity index (χ3v) is 3.76. The van der Waals surface area contributed by atoms with Crippen LogP contribution in [-0.4, -0.2) is 41.7 Å². The zero-order valence-electron chi connectivity index (χ0n) is 11.9. The first kappa shape index (κ1) is 14.7. The summed E-state index contributed by atoms with van der Waals surface area (Å²) in [6.45, 7) is 5.48. The summed E-state index contributed by atoms with van der Waals surface area (Å²) in [4.78, 5) is 13.7. The summed E-state index contributed by atoms with van der Waals surface area (Å²) in [7, 11) is 0. The molecule has 5 nitrogen and oxygen atoms in total. The number of hydrogen-bond acceptors (Lipinski definition) is 4. The van der Waals surface area contributed by atoms with E-state index in [0.717, 1.165) is 32.5 Å². The van der Waals surface area contributed by atoms with Gasteiger partial charge in [0.2, 0.25) is 0 Å². The van der Waals surface area contributed by atoms with E-state index in [-0.39, 0.29) is 5.56 Å². The van der Waals surface area contributed by atoms with E-state index in [2.05, 4.69) is 17.1 Å². The number of carboxylic acids is 1. The largest absolute Gasteiger partial charge is 0.478 e. The topological polar surface area (TPSA) is 78.6 Å². The normalized spacial score (nSPS) is 17.1. The van der Waals surface area contributed by atoms with Crippen LogP contribution in [-0.2, 0) is 0 Å². The Morgan fingerprint density at radius 3 is 2.75 bits per heavy atom. The molecule has 0 atom stereocenters. The number of anilines is 2. The van der Waals surface area contributed by atoms with Crippen LogP contribution < -0.4 is 11.1 Å². The molecule has 1 heterocycles. The van der Waals surface area contributed by atoms with E-state index in [1.807, 2.05) is 0 Å². The molecule has 0 bridgehead atoms. The maximum atomic E-state index is 11.2. The fourth-order valence-electron chi connectivity index (χ4n) is 2.70. The van der Waals surface area contributed by atoms with E-state index in [1.54, 1.807) is 12.1 Å². The fourth-order valence-corrected chi connectivity index (χ4v) is 2.70. The number of hydrogen-bond donors (Lipinski definition) is 3. The molecule has 2 rings (SSSR count). The van der Waals surface area contributed by atoms with Crippen LogP contribution in [0.3, 0.4) is 0 Å². The third-order valence-electron chi connectivity index (χ3n) is 3.76. The molecule has 5 heteroatoms. The van der Waals surface area contributed by atoms with Crippen molar-refractivity contribution in [3.05, 3.63) is 23.8 Å². The summed E-state index contributed by atoms with van der Waals surface area (Å²) < 4.78 is 0. The fraction of sp³-hybridized carbons (Fsp3) is 0.533. The standard InChI is InChI=1S/C15H23N3O2/c1-2-7-18-8-5-12(6-9-18)17-14-4-3-11(16)10-13(14)15(19)20/h3-4,10,12,17H,2,5-9,16H2,1H3,(H,19,20). The van der Waals surface area contributed by atoms with E-state index in [0.29, 0.717) is 17.4 Å². The Morgan fingerprint density at radius 1 is 1.45 bits per heavy atom. The maximum Gasteiger partial charge on any atom is 0.337 e. The SMILES string of the molecule is CCCN1CCC(Nc2ccc(N)cc2C(=O)O)CC1. The second kappa shape index (κ2) is 6.61. The molecule has 1 saturated heterocycles. The van der Waals surface area contributed by atoms with Crippen LogP contribution in [0.4, 0.5) is 11.4 Å². The molecule has 0 saturated carbocycles. The average Bonchev–Trinajstić information content (AvgIpc) is 2.43. The van der Waals surface area contributed by atoms with Crippen molar-refractivity contribution < 1.29 is 9.90 Å². The van der Waals surface area contributed by atoms with E-state index < -0.39 is 5.97 Å². The number of nitrogens with one attached hydrogen (secondary N) is 1. The molecule has 4 N–H and O–H groups in total. The first-order valence-corrected chi connectivity index (χ1v) is 7.22. The zero-order chi connectivity index (χ0) is 14.5. The Labute approximate surface area is 119 Å². The number of nitrogens with zero attached hydrogens (tertiary/aromatic N) is 1. The van der Waals surface area contributed by atoms with Gasteiger partial charge in [-0.1, -0.05) is 6.92 Å². The number of benzene rings is 1. The van der Waals surface area contributed by atoms with E-state index >= 15 is 0 Å². The monoisotopic (exact) mass is 277 g/mol. The van der Waals surface area contributed by atoms with Gasteiger partial charge in [0, 0.05) is 30.5 Å². The minimum Gasteiger partial charge on any atom is -0.478 e. The summed E-state index contributed by atoms with van der Waals surface area (Å²) in [6, 6.07) is 5.35. The van der Waals surface area contributed by atoms with Gasteiger partial charge in [-0.3, -0.25) is 0 Å². The lowest BCUT2D eigenvalue weighted by Gasteiger charge is -2.32. The molecule has 0 amide bonds. The van der Waals surface area contributed by atoms with Crippen molar-refractivity contribution in [1.29, 1.82) is 0 Å². The molecule has 110 valence electrons. The molecule has 0 spiro atoms. The predicted octanol–water partition coefficient (Wildman–Crippen LogP) is 2.25. The van der Waals surface area contributed by atoms with Crippen molar-refractivity contribution >= 4 is 17.3 Å². The summed E-state index contributed by atoms with van der Waals surface area (Å²) in [5, 5.41) is 12.6. The Morgan fingerprint density at radius 2 is 2.15 bits per heavy atom. The van der Waals surface area contributed by atoms with Gasteiger partial charge in [-0.25, -0.2) is 4.79 Å². The van der Waals surface area contributed by atoms with Gasteiger partial charge >= 0.3 is 5.97 Å². The van der Waals surface area contributed by atoms with Crippen LogP contribution in [0.2, 0.25) is 0 Å². The quantitative estimate of drug-likeness (QED) is 0.719. The molecule has 0 radical (unpaired) electrons. The van der Waals surface area contributed by atoms with Crippen LogP contribution in [0, 0.1) is 0 Å². The van der Waals surface area contributed by atoms with Crippen molar-refractivity contribution in [2.75, 3.05) is 30.7 Å². The number of nitrogens with two attached hydrogens (primary N) is 1. The molecular formula is C15H23N3O2. The molecule has 0 aromatic heterocycles. The Bertz CT molecular complexity index is 468. The lowest BCUT2D eigenvalue weighted by molar-refractivity contribution is 0.0698. The van der Waals surface area contributed by atoms with Crippen molar-refractivity contribution in [1.82, 2.24) is 4.90 Å². The van der Waals surface area contributed by atoms with Crippen LogP contribution >= 0.6 is 0 Å². The van der Waals surface area contributed by atoms with Crippen molar-refractivity contribution in [2.45, 2.75) is 32.2 Å². The zero-order valence-corrected chi connectivity index (χ0v) is 11.9. The smallest absolute Gasteiger partial charge is 0.337 e. The van der Waals surface area contributed by atoms with Crippen LogP contribution in [0.25, 0.3) is 0 Å². The number of carbonyl (C=O) groups is 1. The highest BCUT2D eigenvalue weighted by atomic mass is 16.4. The summed E-state index contributed by atoms with van der Waals surface area (Å²) >= 11 is 0. The molecule has 0 aliphatic carbocycles. The highest BCUT2D eigenvalue weighted by Gasteiger charge is 2.20. The second-order valence-electron chi connectivity index (χ2n) is 5.37. The number of piperidine rings is 1. The van der Waals surface area contributed by atoms with E-state index in [4.69, 9.17) is 5.73 Å². The number of nitrogen functional groups attached to an aromatic ring is 1. The highest BCUT2D eigenvalue weighted by Crippen LogP contribution is 2.22.